The van der Waals surface area contributed by atoms with E-state index in [2.05, 4.69) is 24.3 Å². The maximum atomic E-state index is 13.8. The van der Waals surface area contributed by atoms with Gasteiger partial charge in [0.25, 0.3) is 0 Å². The number of hydrogen-bond acceptors (Lipinski definition) is 2. The number of nitrogens with two attached hydrogens (primary N) is 1. The minimum absolute atomic E-state index is 0.172. The highest BCUT2D eigenvalue weighted by molar-refractivity contribution is 5.48. The van der Waals surface area contributed by atoms with Gasteiger partial charge in [-0.15, -0.1) is 0 Å². The van der Waals surface area contributed by atoms with Gasteiger partial charge in [-0.2, -0.15) is 0 Å². The summed E-state index contributed by atoms with van der Waals surface area (Å²) in [5, 5.41) is 0. The number of hydrogen-bond donors (Lipinski definition) is 1. The largest absolute Gasteiger partial charge is 0.365 e. The van der Waals surface area contributed by atoms with Crippen molar-refractivity contribution in [3.8, 4) is 0 Å². The van der Waals surface area contributed by atoms with Gasteiger partial charge >= 0.3 is 0 Å². The van der Waals surface area contributed by atoms with E-state index in [9.17, 15) is 4.39 Å². The molecule has 0 radical (unpaired) electrons. The summed E-state index contributed by atoms with van der Waals surface area (Å²) in [6, 6.07) is 15.3. The first-order chi connectivity index (χ1) is 9.74. The van der Waals surface area contributed by atoms with Crippen LogP contribution in [0.1, 0.15) is 18.1 Å². The second-order valence-corrected chi connectivity index (χ2v) is 4.82. The number of rotatable bonds is 6. The molecule has 2 N–H and O–H groups in total. The molecule has 3 heteroatoms. The van der Waals surface area contributed by atoms with E-state index in [1.807, 2.05) is 24.0 Å². The number of nitrogens with zero attached hydrogens (tertiary/aromatic N) is 1. The highest BCUT2D eigenvalue weighted by Crippen LogP contribution is 2.20. The first-order valence-electron chi connectivity index (χ1n) is 7.02. The zero-order valence-electron chi connectivity index (χ0n) is 11.8. The summed E-state index contributed by atoms with van der Waals surface area (Å²) in [7, 11) is 0. The van der Waals surface area contributed by atoms with Crippen molar-refractivity contribution < 1.29 is 4.39 Å². The Kier molecular flexibility index (Phi) is 5.13. The number of benzene rings is 2. The van der Waals surface area contributed by atoms with Gasteiger partial charge in [-0.05, 0) is 43.1 Å². The molecule has 0 atom stereocenters. The fourth-order valence-corrected chi connectivity index (χ4v) is 2.27. The van der Waals surface area contributed by atoms with E-state index in [-0.39, 0.29) is 5.82 Å². The zero-order valence-corrected chi connectivity index (χ0v) is 11.8. The van der Waals surface area contributed by atoms with Crippen molar-refractivity contribution in [3.05, 3.63) is 65.5 Å². The van der Waals surface area contributed by atoms with Crippen LogP contribution in [-0.2, 0) is 13.0 Å². The molecular formula is C17H21FN2. The van der Waals surface area contributed by atoms with Gasteiger partial charge in [-0.1, -0.05) is 36.4 Å². The summed E-state index contributed by atoms with van der Waals surface area (Å²) >= 11 is 0. The van der Waals surface area contributed by atoms with Gasteiger partial charge in [0.15, 0.2) is 0 Å². The van der Waals surface area contributed by atoms with Crippen LogP contribution < -0.4 is 10.6 Å². The second kappa shape index (κ2) is 7.06. The molecule has 0 amide bonds. The first-order valence-corrected chi connectivity index (χ1v) is 7.02. The Morgan fingerprint density at radius 1 is 1.00 bits per heavy atom. The van der Waals surface area contributed by atoms with Crippen molar-refractivity contribution in [2.75, 3.05) is 18.0 Å². The molecule has 2 rings (SSSR count). The van der Waals surface area contributed by atoms with Crippen molar-refractivity contribution in [1.29, 1.82) is 0 Å². The van der Waals surface area contributed by atoms with Gasteiger partial charge in [0.05, 0.1) is 5.69 Å². The summed E-state index contributed by atoms with van der Waals surface area (Å²) in [6.45, 7) is 4.18. The van der Waals surface area contributed by atoms with Crippen LogP contribution in [0.3, 0.4) is 0 Å². The molecule has 0 saturated carbocycles. The van der Waals surface area contributed by atoms with E-state index in [4.69, 9.17) is 5.73 Å². The predicted molar refractivity (Wildman–Crippen MR) is 82.3 cm³/mol. The van der Waals surface area contributed by atoms with Crippen molar-refractivity contribution in [2.45, 2.75) is 19.9 Å². The van der Waals surface area contributed by atoms with Gasteiger partial charge in [0.2, 0.25) is 0 Å². The molecular weight excluding hydrogens is 251 g/mol. The van der Waals surface area contributed by atoms with E-state index in [1.165, 1.54) is 17.2 Å². The predicted octanol–water partition coefficient (Wildman–Crippen LogP) is 3.35. The molecule has 2 aromatic rings. The third-order valence-electron chi connectivity index (χ3n) is 3.40. The monoisotopic (exact) mass is 272 g/mol. The van der Waals surface area contributed by atoms with Crippen LogP contribution in [0.5, 0.6) is 0 Å². The van der Waals surface area contributed by atoms with E-state index in [1.54, 1.807) is 6.07 Å². The summed E-state index contributed by atoms with van der Waals surface area (Å²) in [5.41, 5.74) is 8.61. The standard InChI is InChI=1S/C17H21FN2/c1-2-20(17-6-4-3-5-16(17)18)13-15-9-7-14(8-10-15)11-12-19/h3-10H,2,11-13,19H2,1H3. The van der Waals surface area contributed by atoms with Crippen LogP contribution in [-0.4, -0.2) is 13.1 Å². The van der Waals surface area contributed by atoms with Crippen molar-refractivity contribution >= 4 is 5.69 Å². The fourth-order valence-electron chi connectivity index (χ4n) is 2.27. The Balaban J connectivity index is 2.12. The third-order valence-corrected chi connectivity index (χ3v) is 3.40. The fraction of sp³-hybridized carbons (Fsp3) is 0.294. The lowest BCUT2D eigenvalue weighted by molar-refractivity contribution is 0.618. The maximum Gasteiger partial charge on any atom is 0.146 e. The summed E-state index contributed by atoms with van der Waals surface area (Å²) < 4.78 is 13.8. The van der Waals surface area contributed by atoms with Gasteiger partial charge in [0, 0.05) is 13.1 Å². The molecule has 2 nitrogen and oxygen atoms in total. The van der Waals surface area contributed by atoms with Crippen LogP contribution in [0.25, 0.3) is 0 Å². The molecule has 0 bridgehead atoms. The first kappa shape index (κ1) is 14.5. The summed E-state index contributed by atoms with van der Waals surface area (Å²) in [4.78, 5) is 2.03. The smallest absolute Gasteiger partial charge is 0.146 e. The van der Waals surface area contributed by atoms with Gasteiger partial charge < -0.3 is 10.6 Å². The van der Waals surface area contributed by atoms with E-state index >= 15 is 0 Å². The molecule has 0 heterocycles. The van der Waals surface area contributed by atoms with Crippen molar-refractivity contribution in [3.63, 3.8) is 0 Å². The minimum atomic E-state index is -0.172. The normalized spacial score (nSPS) is 10.6. The lowest BCUT2D eigenvalue weighted by Gasteiger charge is -2.23. The highest BCUT2D eigenvalue weighted by Gasteiger charge is 2.09. The molecule has 106 valence electrons. The third kappa shape index (κ3) is 3.58. The SMILES string of the molecule is CCN(Cc1ccc(CCN)cc1)c1ccccc1F. The molecule has 0 aliphatic heterocycles. The Labute approximate surface area is 120 Å². The van der Waals surface area contributed by atoms with Gasteiger partial charge in [-0.3, -0.25) is 0 Å². The minimum Gasteiger partial charge on any atom is -0.365 e. The number of para-hydroxylation sites is 1. The summed E-state index contributed by atoms with van der Waals surface area (Å²) in [5.74, 6) is -0.172. The Morgan fingerprint density at radius 2 is 1.65 bits per heavy atom. The molecule has 0 aliphatic rings. The molecule has 0 saturated heterocycles. The molecule has 0 unspecified atom stereocenters. The highest BCUT2D eigenvalue weighted by atomic mass is 19.1. The average molecular weight is 272 g/mol. The lowest BCUT2D eigenvalue weighted by Crippen LogP contribution is -2.23. The van der Waals surface area contributed by atoms with Crippen molar-refractivity contribution in [2.24, 2.45) is 5.73 Å². The molecule has 0 aliphatic carbocycles. The number of halogens is 1. The Morgan fingerprint density at radius 3 is 2.25 bits per heavy atom. The quantitative estimate of drug-likeness (QED) is 0.873. The Hall–Kier alpha value is -1.87. The van der Waals surface area contributed by atoms with Crippen LogP contribution in [0.15, 0.2) is 48.5 Å². The van der Waals surface area contributed by atoms with Crippen LogP contribution >= 0.6 is 0 Å². The van der Waals surface area contributed by atoms with Gasteiger partial charge in [0.1, 0.15) is 5.82 Å². The van der Waals surface area contributed by atoms with E-state index in [0.717, 1.165) is 13.0 Å². The number of anilines is 1. The molecule has 0 spiro atoms. The second-order valence-electron chi connectivity index (χ2n) is 4.82. The Bertz CT molecular complexity index is 537. The summed E-state index contributed by atoms with van der Waals surface area (Å²) in [6.07, 6.45) is 0.894. The maximum absolute atomic E-state index is 13.8. The van der Waals surface area contributed by atoms with Crippen molar-refractivity contribution in [1.82, 2.24) is 0 Å². The van der Waals surface area contributed by atoms with Crippen LogP contribution in [0, 0.1) is 5.82 Å². The van der Waals surface area contributed by atoms with E-state index < -0.39 is 0 Å². The molecule has 0 aromatic heterocycles. The van der Waals surface area contributed by atoms with E-state index in [0.29, 0.717) is 18.8 Å². The lowest BCUT2D eigenvalue weighted by atomic mass is 10.1. The van der Waals surface area contributed by atoms with Crippen LogP contribution in [0.4, 0.5) is 10.1 Å². The zero-order chi connectivity index (χ0) is 14.4. The molecule has 0 fully saturated rings. The average Bonchev–Trinajstić information content (AvgIpc) is 2.48. The van der Waals surface area contributed by atoms with Crippen LogP contribution in [0.2, 0.25) is 0 Å². The molecule has 20 heavy (non-hydrogen) atoms. The van der Waals surface area contributed by atoms with Gasteiger partial charge in [-0.25, -0.2) is 4.39 Å². The topological polar surface area (TPSA) is 29.3 Å². The molecule has 2 aromatic carbocycles.